The van der Waals surface area contributed by atoms with Crippen LogP contribution < -0.4 is 15.1 Å². The molecule has 2 heterocycles. The van der Waals surface area contributed by atoms with Gasteiger partial charge in [0.1, 0.15) is 0 Å². The second-order valence-electron chi connectivity index (χ2n) is 15.4. The highest BCUT2D eigenvalue weighted by Crippen LogP contribution is 2.34. The van der Waals surface area contributed by atoms with Crippen molar-refractivity contribution in [3.63, 3.8) is 0 Å². The van der Waals surface area contributed by atoms with Gasteiger partial charge in [0.2, 0.25) is 5.91 Å². The number of carboxylic acids is 1. The third-order valence-electron chi connectivity index (χ3n) is 11.8. The molecule has 0 bridgehead atoms. The monoisotopic (exact) mass is 730 g/mol. The Labute approximate surface area is 324 Å². The van der Waals surface area contributed by atoms with Crippen LogP contribution in [0.15, 0.2) is 133 Å². The van der Waals surface area contributed by atoms with Crippen LogP contribution in [-0.2, 0) is 22.4 Å². The minimum absolute atomic E-state index is 0.0102. The maximum Gasteiger partial charge on any atom is 0.307 e. The summed E-state index contributed by atoms with van der Waals surface area (Å²) >= 11 is 0. The maximum absolute atomic E-state index is 14.6. The topological polar surface area (TPSA) is 76.1 Å². The first-order valence-corrected chi connectivity index (χ1v) is 19.7. The highest BCUT2D eigenvalue weighted by atomic mass is 16.4. The average Bonchev–Trinajstić information content (AvgIpc) is 3.88. The van der Waals surface area contributed by atoms with Gasteiger partial charge in [0.05, 0.1) is 24.9 Å². The largest absolute Gasteiger partial charge is 0.481 e. The molecule has 2 saturated heterocycles. The number of aliphatic carboxylic acids is 1. The molecule has 2 aliphatic heterocycles. The van der Waals surface area contributed by atoms with Gasteiger partial charge in [-0.3, -0.25) is 9.59 Å². The van der Waals surface area contributed by atoms with Gasteiger partial charge in [-0.2, -0.15) is 0 Å². The molecule has 2 fully saturated rings. The van der Waals surface area contributed by atoms with Gasteiger partial charge in [-0.15, -0.1) is 0 Å². The summed E-state index contributed by atoms with van der Waals surface area (Å²) in [7, 11) is 0. The van der Waals surface area contributed by atoms with E-state index in [9.17, 15) is 14.7 Å². The highest BCUT2D eigenvalue weighted by Gasteiger charge is 2.35. The van der Waals surface area contributed by atoms with E-state index < -0.39 is 5.97 Å². The number of nitrogens with zero attached hydrogens (tertiary/aromatic N) is 3. The smallest absolute Gasteiger partial charge is 0.307 e. The van der Waals surface area contributed by atoms with E-state index in [4.69, 9.17) is 0 Å². The fourth-order valence-corrected chi connectivity index (χ4v) is 9.00. The van der Waals surface area contributed by atoms with Crippen LogP contribution in [0.4, 0.5) is 11.4 Å². The number of carbonyl (C=O) groups is 2. The van der Waals surface area contributed by atoms with Crippen LogP contribution in [-0.4, -0.2) is 60.1 Å². The average molecular weight is 731 g/mol. The van der Waals surface area contributed by atoms with Crippen molar-refractivity contribution >= 4 is 44.8 Å². The molecule has 6 aromatic rings. The molecule has 1 amide bonds. The Morgan fingerprint density at radius 2 is 1.18 bits per heavy atom. The lowest BCUT2D eigenvalue weighted by atomic mass is 9.96. The summed E-state index contributed by atoms with van der Waals surface area (Å²) in [5, 5.41) is 18.1. The zero-order chi connectivity index (χ0) is 37.9. The Bertz CT molecular complexity index is 2280. The first kappa shape index (κ1) is 36.3. The summed E-state index contributed by atoms with van der Waals surface area (Å²) in [6, 6.07) is 47.0. The van der Waals surface area contributed by atoms with Gasteiger partial charge in [-0.05, 0) is 94.8 Å². The van der Waals surface area contributed by atoms with E-state index in [0.717, 1.165) is 61.4 Å². The predicted molar refractivity (Wildman–Crippen MR) is 224 cm³/mol. The number of fused-ring (bicyclic) bond motifs is 2. The van der Waals surface area contributed by atoms with E-state index >= 15 is 0 Å². The van der Waals surface area contributed by atoms with E-state index in [1.165, 1.54) is 32.8 Å². The number of carbonyl (C=O) groups excluding carboxylic acids is 1. The van der Waals surface area contributed by atoms with Gasteiger partial charge in [-0.25, -0.2) is 0 Å². The molecule has 55 heavy (non-hydrogen) atoms. The molecule has 280 valence electrons. The second-order valence-corrected chi connectivity index (χ2v) is 15.4. The van der Waals surface area contributed by atoms with E-state index in [0.29, 0.717) is 12.5 Å². The Hall–Kier alpha value is -5.66. The van der Waals surface area contributed by atoms with Gasteiger partial charge in [0, 0.05) is 49.6 Å². The highest BCUT2D eigenvalue weighted by molar-refractivity contribution is 5.88. The van der Waals surface area contributed by atoms with Crippen molar-refractivity contribution in [1.82, 2.24) is 10.2 Å². The lowest BCUT2D eigenvalue weighted by Gasteiger charge is -2.36. The zero-order valence-electron chi connectivity index (χ0n) is 31.8. The van der Waals surface area contributed by atoms with Gasteiger partial charge >= 0.3 is 5.97 Å². The predicted octanol–water partition coefficient (Wildman–Crippen LogP) is 8.96. The third-order valence-corrected chi connectivity index (χ3v) is 11.8. The fourth-order valence-electron chi connectivity index (χ4n) is 9.00. The molecule has 2 aliphatic rings. The lowest BCUT2D eigenvalue weighted by Crippen LogP contribution is -2.44. The number of carboxylic acid groups (broad SMARTS) is 1. The van der Waals surface area contributed by atoms with Crippen LogP contribution in [0.3, 0.4) is 0 Å². The quantitative estimate of drug-likeness (QED) is 0.131. The molecule has 4 atom stereocenters. The SMILES string of the molecule is C[C@H](c1cccc2ccccc12)N(C(=O)Cc1ccc(N2CC[C@H](N[C@H](C)c3cccc4ccccc34)C2)cc1)[C@H]1CCN(c2ccc(CC(=O)O)cc2)C1. The van der Waals surface area contributed by atoms with E-state index in [1.807, 2.05) is 24.3 Å². The Balaban J connectivity index is 0.960. The second kappa shape index (κ2) is 16.0. The minimum atomic E-state index is -0.833. The molecule has 0 spiro atoms. The summed E-state index contributed by atoms with van der Waals surface area (Å²) in [6.07, 6.45) is 2.29. The van der Waals surface area contributed by atoms with Crippen LogP contribution >= 0.6 is 0 Å². The number of hydrogen-bond donors (Lipinski definition) is 2. The molecule has 0 aliphatic carbocycles. The first-order chi connectivity index (χ1) is 26.8. The first-order valence-electron chi connectivity index (χ1n) is 19.7. The minimum Gasteiger partial charge on any atom is -0.481 e. The normalized spacial score (nSPS) is 18.1. The summed E-state index contributed by atoms with van der Waals surface area (Å²) in [5.41, 5.74) is 6.55. The number of hydrogen-bond acceptors (Lipinski definition) is 5. The molecule has 7 heteroatoms. The number of rotatable bonds is 12. The van der Waals surface area contributed by atoms with Crippen molar-refractivity contribution in [1.29, 1.82) is 0 Å². The summed E-state index contributed by atoms with van der Waals surface area (Å²) in [6.45, 7) is 7.94. The molecule has 2 N–H and O–H groups in total. The number of nitrogens with one attached hydrogen (secondary N) is 1. The fraction of sp³-hybridized carbons (Fsp3) is 0.292. The molecule has 7 nitrogen and oxygen atoms in total. The van der Waals surface area contributed by atoms with Crippen LogP contribution in [0.5, 0.6) is 0 Å². The van der Waals surface area contributed by atoms with Crippen LogP contribution in [0, 0.1) is 0 Å². The van der Waals surface area contributed by atoms with Gasteiger partial charge < -0.3 is 25.1 Å². The zero-order valence-corrected chi connectivity index (χ0v) is 31.8. The lowest BCUT2D eigenvalue weighted by molar-refractivity contribution is -0.136. The van der Waals surface area contributed by atoms with Crippen molar-refractivity contribution in [3.8, 4) is 0 Å². The van der Waals surface area contributed by atoms with Crippen molar-refractivity contribution in [2.45, 2.75) is 63.7 Å². The molecule has 0 aromatic heterocycles. The summed E-state index contributed by atoms with van der Waals surface area (Å²) in [5.74, 6) is -0.704. The van der Waals surface area contributed by atoms with Crippen molar-refractivity contribution in [2.24, 2.45) is 0 Å². The Morgan fingerprint density at radius 1 is 0.655 bits per heavy atom. The third kappa shape index (κ3) is 7.94. The molecule has 0 saturated carbocycles. The van der Waals surface area contributed by atoms with Crippen molar-refractivity contribution in [3.05, 3.63) is 156 Å². The van der Waals surface area contributed by atoms with Crippen molar-refractivity contribution < 1.29 is 14.7 Å². The Kier molecular flexibility index (Phi) is 10.6. The van der Waals surface area contributed by atoms with E-state index in [-0.39, 0.29) is 30.5 Å². The standard InChI is InChI=1S/C48H50N4O3/c1-33(43-15-7-11-37-9-3-5-13-45(37)43)49-39-25-27-50(31-39)40-21-17-35(18-22-40)29-47(53)52(34(2)44-16-8-12-38-10-4-6-14-46(38)44)42-26-28-51(32-42)41-23-19-36(20-24-41)30-48(54)55/h3-24,33-34,39,42,49H,25-32H2,1-2H3,(H,54,55)/t33-,34-,39+,42+/m1/s1. The molecule has 0 radical (unpaired) electrons. The molecular weight excluding hydrogens is 681 g/mol. The summed E-state index contributed by atoms with van der Waals surface area (Å²) < 4.78 is 0. The Morgan fingerprint density at radius 3 is 1.82 bits per heavy atom. The number of amides is 1. The van der Waals surface area contributed by atoms with Gasteiger partial charge in [0.25, 0.3) is 0 Å². The van der Waals surface area contributed by atoms with Crippen LogP contribution in [0.1, 0.15) is 61.0 Å². The van der Waals surface area contributed by atoms with Gasteiger partial charge in [-0.1, -0.05) is 109 Å². The van der Waals surface area contributed by atoms with Crippen LogP contribution in [0.25, 0.3) is 21.5 Å². The van der Waals surface area contributed by atoms with Crippen molar-refractivity contribution in [2.75, 3.05) is 36.0 Å². The molecule has 6 aromatic carbocycles. The van der Waals surface area contributed by atoms with Crippen LogP contribution in [0.2, 0.25) is 0 Å². The number of anilines is 2. The molecule has 0 unspecified atom stereocenters. The molecular formula is C48H50N4O3. The molecule has 8 rings (SSSR count). The number of benzene rings is 6. The van der Waals surface area contributed by atoms with E-state index in [2.05, 4.69) is 143 Å². The van der Waals surface area contributed by atoms with E-state index in [1.54, 1.807) is 0 Å². The van der Waals surface area contributed by atoms with Gasteiger partial charge in [0.15, 0.2) is 0 Å². The maximum atomic E-state index is 14.6. The summed E-state index contributed by atoms with van der Waals surface area (Å²) in [4.78, 5) is 32.7.